The molecule has 4 N–H and O–H groups in total. The lowest BCUT2D eigenvalue weighted by atomic mass is 10.1. The molecule has 0 saturated carbocycles. The van der Waals surface area contributed by atoms with Crippen LogP contribution in [0.4, 0.5) is 4.79 Å². The van der Waals surface area contributed by atoms with Crippen LogP contribution < -0.4 is 11.3 Å². The number of carbonyl (C=O) groups is 2. The summed E-state index contributed by atoms with van der Waals surface area (Å²) in [7, 11) is 0. The van der Waals surface area contributed by atoms with E-state index in [1.54, 1.807) is 0 Å². The summed E-state index contributed by atoms with van der Waals surface area (Å²) in [5.74, 6) is 4.79. The van der Waals surface area contributed by atoms with Gasteiger partial charge < -0.3 is 10.0 Å². The Morgan fingerprint density at radius 1 is 1.62 bits per heavy atom. The van der Waals surface area contributed by atoms with E-state index < -0.39 is 6.09 Å². The lowest BCUT2D eigenvalue weighted by Gasteiger charge is -2.11. The van der Waals surface area contributed by atoms with E-state index in [4.69, 9.17) is 10.9 Å². The van der Waals surface area contributed by atoms with Crippen LogP contribution in [0.15, 0.2) is 0 Å². The minimum atomic E-state index is -0.921. The van der Waals surface area contributed by atoms with E-state index in [1.165, 1.54) is 4.90 Å². The summed E-state index contributed by atoms with van der Waals surface area (Å²) in [4.78, 5) is 22.7. The number of amides is 2. The SMILES string of the molecule is NNC(=O)C[C@@H]1CCN(C(=O)O)C1. The van der Waals surface area contributed by atoms with Crippen LogP contribution in [-0.2, 0) is 4.79 Å². The molecule has 13 heavy (non-hydrogen) atoms. The number of nitrogens with one attached hydrogen (secondary N) is 1. The van der Waals surface area contributed by atoms with Crippen molar-refractivity contribution in [2.24, 2.45) is 11.8 Å². The molecule has 6 heteroatoms. The van der Waals surface area contributed by atoms with E-state index >= 15 is 0 Å². The Kier molecular flexibility index (Phi) is 3.07. The second-order valence-electron chi connectivity index (χ2n) is 3.15. The summed E-state index contributed by atoms with van der Waals surface area (Å²) in [6.07, 6.45) is 0.121. The van der Waals surface area contributed by atoms with Gasteiger partial charge in [-0.1, -0.05) is 0 Å². The van der Waals surface area contributed by atoms with Crippen LogP contribution in [-0.4, -0.2) is 35.1 Å². The molecule has 1 saturated heterocycles. The lowest BCUT2D eigenvalue weighted by Crippen LogP contribution is -2.32. The zero-order valence-electron chi connectivity index (χ0n) is 7.19. The van der Waals surface area contributed by atoms with Crippen LogP contribution >= 0.6 is 0 Å². The average molecular weight is 187 g/mol. The molecule has 1 heterocycles. The first-order valence-corrected chi connectivity index (χ1v) is 4.10. The van der Waals surface area contributed by atoms with Gasteiger partial charge in [-0.3, -0.25) is 10.2 Å². The summed E-state index contributed by atoms with van der Waals surface area (Å²) >= 11 is 0. The Morgan fingerprint density at radius 3 is 2.77 bits per heavy atom. The maximum absolute atomic E-state index is 10.8. The van der Waals surface area contributed by atoms with Gasteiger partial charge in [0.25, 0.3) is 0 Å². The van der Waals surface area contributed by atoms with E-state index in [0.29, 0.717) is 19.5 Å². The fourth-order valence-electron chi connectivity index (χ4n) is 1.49. The number of carbonyl (C=O) groups excluding carboxylic acids is 1. The summed E-state index contributed by atoms with van der Waals surface area (Å²) in [6, 6.07) is 0. The molecule has 0 aliphatic carbocycles. The minimum Gasteiger partial charge on any atom is -0.465 e. The molecule has 0 aromatic rings. The van der Waals surface area contributed by atoms with Gasteiger partial charge in [-0.05, 0) is 12.3 Å². The predicted octanol–water partition coefficient (Wildman–Crippen LogP) is -0.634. The highest BCUT2D eigenvalue weighted by Crippen LogP contribution is 2.18. The summed E-state index contributed by atoms with van der Waals surface area (Å²) in [5.41, 5.74) is 2.03. The van der Waals surface area contributed by atoms with Gasteiger partial charge >= 0.3 is 6.09 Å². The van der Waals surface area contributed by atoms with Crippen molar-refractivity contribution in [3.8, 4) is 0 Å². The van der Waals surface area contributed by atoms with Crippen molar-refractivity contribution < 1.29 is 14.7 Å². The lowest BCUT2D eigenvalue weighted by molar-refractivity contribution is -0.122. The number of hydrazine groups is 1. The molecule has 0 aromatic heterocycles. The molecule has 1 fully saturated rings. The summed E-state index contributed by atoms with van der Waals surface area (Å²) < 4.78 is 0. The third kappa shape index (κ3) is 2.59. The molecule has 0 radical (unpaired) electrons. The first kappa shape index (κ1) is 9.79. The number of nitrogens with zero attached hydrogens (tertiary/aromatic N) is 1. The first-order valence-electron chi connectivity index (χ1n) is 4.10. The standard InChI is InChI=1S/C7H13N3O3/c8-9-6(11)3-5-1-2-10(4-5)7(12)13/h5H,1-4,8H2,(H,9,11)(H,12,13)/t5-/m0/s1. The Balaban J connectivity index is 2.33. The number of likely N-dealkylation sites (tertiary alicyclic amines) is 1. The first-order chi connectivity index (χ1) is 6.13. The maximum atomic E-state index is 10.8. The van der Waals surface area contributed by atoms with Crippen molar-refractivity contribution in [2.75, 3.05) is 13.1 Å². The van der Waals surface area contributed by atoms with Crippen molar-refractivity contribution in [1.29, 1.82) is 0 Å². The van der Waals surface area contributed by atoms with Gasteiger partial charge in [0.1, 0.15) is 0 Å². The monoisotopic (exact) mass is 187 g/mol. The number of hydrogen-bond acceptors (Lipinski definition) is 3. The zero-order chi connectivity index (χ0) is 9.84. The third-order valence-electron chi connectivity index (χ3n) is 2.19. The van der Waals surface area contributed by atoms with Crippen LogP contribution in [0.1, 0.15) is 12.8 Å². The highest BCUT2D eigenvalue weighted by molar-refractivity contribution is 5.75. The molecular formula is C7H13N3O3. The van der Waals surface area contributed by atoms with Gasteiger partial charge in [-0.25, -0.2) is 10.6 Å². The molecule has 1 aliphatic rings. The highest BCUT2D eigenvalue weighted by atomic mass is 16.4. The third-order valence-corrected chi connectivity index (χ3v) is 2.19. The van der Waals surface area contributed by atoms with Crippen molar-refractivity contribution in [3.05, 3.63) is 0 Å². The number of rotatable bonds is 2. The molecular weight excluding hydrogens is 174 g/mol. The van der Waals surface area contributed by atoms with Crippen molar-refractivity contribution in [2.45, 2.75) is 12.8 Å². The highest BCUT2D eigenvalue weighted by Gasteiger charge is 2.27. The Bertz CT molecular complexity index is 219. The van der Waals surface area contributed by atoms with Gasteiger partial charge in [0, 0.05) is 19.5 Å². The molecule has 0 spiro atoms. The molecule has 0 unspecified atom stereocenters. The fourth-order valence-corrected chi connectivity index (χ4v) is 1.49. The Hall–Kier alpha value is -1.30. The molecule has 0 bridgehead atoms. The average Bonchev–Trinajstić information content (AvgIpc) is 2.52. The second kappa shape index (κ2) is 4.08. The molecule has 74 valence electrons. The van der Waals surface area contributed by atoms with Crippen molar-refractivity contribution >= 4 is 12.0 Å². The van der Waals surface area contributed by atoms with E-state index in [9.17, 15) is 9.59 Å². The zero-order valence-corrected chi connectivity index (χ0v) is 7.19. The number of nitrogens with two attached hydrogens (primary N) is 1. The molecule has 1 rings (SSSR count). The summed E-state index contributed by atoms with van der Waals surface area (Å²) in [6.45, 7) is 0.945. The van der Waals surface area contributed by atoms with Crippen LogP contribution in [0.2, 0.25) is 0 Å². The minimum absolute atomic E-state index is 0.111. The van der Waals surface area contributed by atoms with Gasteiger partial charge in [0.2, 0.25) is 5.91 Å². The smallest absolute Gasteiger partial charge is 0.407 e. The van der Waals surface area contributed by atoms with Crippen LogP contribution in [0.3, 0.4) is 0 Å². The number of carboxylic acid groups (broad SMARTS) is 1. The van der Waals surface area contributed by atoms with Crippen LogP contribution in [0.25, 0.3) is 0 Å². The largest absolute Gasteiger partial charge is 0.465 e. The normalized spacial score (nSPS) is 21.6. The summed E-state index contributed by atoms with van der Waals surface area (Å²) in [5, 5.41) is 8.62. The van der Waals surface area contributed by atoms with Gasteiger partial charge in [0.05, 0.1) is 0 Å². The molecule has 2 amide bonds. The number of hydrogen-bond donors (Lipinski definition) is 3. The fraction of sp³-hybridized carbons (Fsp3) is 0.714. The second-order valence-corrected chi connectivity index (χ2v) is 3.15. The van der Waals surface area contributed by atoms with E-state index in [2.05, 4.69) is 0 Å². The van der Waals surface area contributed by atoms with E-state index in [-0.39, 0.29) is 11.8 Å². The molecule has 1 atom stereocenters. The maximum Gasteiger partial charge on any atom is 0.407 e. The molecule has 0 aromatic carbocycles. The predicted molar refractivity (Wildman–Crippen MR) is 44.7 cm³/mol. The van der Waals surface area contributed by atoms with Gasteiger partial charge in [-0.15, -0.1) is 0 Å². The Labute approximate surface area is 75.7 Å². The van der Waals surface area contributed by atoms with Gasteiger partial charge in [0.15, 0.2) is 0 Å². The van der Waals surface area contributed by atoms with E-state index in [0.717, 1.165) is 6.42 Å². The van der Waals surface area contributed by atoms with Crippen molar-refractivity contribution in [1.82, 2.24) is 10.3 Å². The quantitative estimate of drug-likeness (QED) is 0.304. The molecule has 6 nitrogen and oxygen atoms in total. The Morgan fingerprint density at radius 2 is 2.31 bits per heavy atom. The van der Waals surface area contributed by atoms with Crippen molar-refractivity contribution in [3.63, 3.8) is 0 Å². The van der Waals surface area contributed by atoms with Gasteiger partial charge in [-0.2, -0.15) is 0 Å². The topological polar surface area (TPSA) is 95.7 Å². The van der Waals surface area contributed by atoms with E-state index in [1.807, 2.05) is 5.43 Å². The van der Waals surface area contributed by atoms with Crippen LogP contribution in [0.5, 0.6) is 0 Å². The molecule has 1 aliphatic heterocycles. The van der Waals surface area contributed by atoms with Crippen LogP contribution in [0, 0.1) is 5.92 Å².